The van der Waals surface area contributed by atoms with Crippen LogP contribution in [0.15, 0.2) is 12.3 Å². The maximum Gasteiger partial charge on any atom is 0.417 e. The van der Waals surface area contributed by atoms with Crippen LogP contribution >= 0.6 is 36.4 Å². The minimum absolute atomic E-state index is 0. The maximum atomic E-state index is 12.4. The predicted octanol–water partition coefficient (Wildman–Crippen LogP) is 2.07. The number of halogens is 6. The van der Waals surface area contributed by atoms with E-state index in [2.05, 4.69) is 10.3 Å². The summed E-state index contributed by atoms with van der Waals surface area (Å²) in [4.78, 5) is 14.9. The van der Waals surface area contributed by atoms with Crippen molar-refractivity contribution in [3.05, 3.63) is 22.8 Å². The summed E-state index contributed by atoms with van der Waals surface area (Å²) in [6, 6.07) is -0.0884. The van der Waals surface area contributed by atoms with Crippen molar-refractivity contribution in [3.63, 3.8) is 0 Å². The number of hydrogen-bond donors (Lipinski definition) is 2. The van der Waals surface area contributed by atoms with Gasteiger partial charge in [-0.3, -0.25) is 4.79 Å². The average Bonchev–Trinajstić information content (AvgIpc) is 2.43. The van der Waals surface area contributed by atoms with Crippen LogP contribution in [0.1, 0.15) is 5.56 Å². The Bertz CT molecular complexity index is 521. The van der Waals surface area contributed by atoms with Gasteiger partial charge in [-0.25, -0.2) is 4.98 Å². The van der Waals surface area contributed by atoms with Gasteiger partial charge in [0.1, 0.15) is 17.7 Å². The van der Waals surface area contributed by atoms with E-state index in [9.17, 15) is 18.0 Å². The minimum atomic E-state index is -4.53. The largest absolute Gasteiger partial charge is 0.475 e. The van der Waals surface area contributed by atoms with Crippen molar-refractivity contribution < 1.29 is 27.4 Å². The summed E-state index contributed by atoms with van der Waals surface area (Å²) in [6.07, 6.45) is -3.91. The molecule has 3 N–H and O–H groups in total. The Balaban J connectivity index is 0. The van der Waals surface area contributed by atoms with Crippen molar-refractivity contribution in [2.45, 2.75) is 12.2 Å². The number of carbonyl (C=O) groups excluding carboxylic acids is 1. The third-order valence-corrected chi connectivity index (χ3v) is 2.73. The fourth-order valence-electron chi connectivity index (χ4n) is 1.39. The Labute approximate surface area is 154 Å². The summed E-state index contributed by atoms with van der Waals surface area (Å²) < 4.78 is 47.1. The van der Waals surface area contributed by atoms with Crippen LogP contribution in [-0.4, -0.2) is 43.8 Å². The lowest BCUT2D eigenvalue weighted by Crippen LogP contribution is -2.44. The van der Waals surface area contributed by atoms with Crippen LogP contribution in [0.25, 0.3) is 0 Å². The number of nitrogens with zero attached hydrogens (tertiary/aromatic N) is 1. The fourth-order valence-corrected chi connectivity index (χ4v) is 1.62. The van der Waals surface area contributed by atoms with E-state index in [4.69, 9.17) is 26.8 Å². The highest BCUT2D eigenvalue weighted by Crippen LogP contribution is 2.32. The van der Waals surface area contributed by atoms with Crippen LogP contribution in [0.2, 0.25) is 5.02 Å². The molecule has 140 valence electrons. The molecule has 0 bridgehead atoms. The average molecular weight is 415 g/mol. The van der Waals surface area contributed by atoms with Gasteiger partial charge in [-0.1, -0.05) is 11.6 Å². The molecule has 0 aliphatic rings. The molecule has 1 rings (SSSR count). The molecular formula is C12H17Cl3F3N3O3. The van der Waals surface area contributed by atoms with Crippen molar-refractivity contribution >= 4 is 42.3 Å². The monoisotopic (exact) mass is 413 g/mol. The van der Waals surface area contributed by atoms with Gasteiger partial charge in [-0.2, -0.15) is 13.2 Å². The quantitative estimate of drug-likeness (QED) is 0.667. The summed E-state index contributed by atoms with van der Waals surface area (Å²) in [6.45, 7) is 0.137. The normalized spacial score (nSPS) is 11.8. The number of hydrogen-bond acceptors (Lipinski definition) is 5. The molecule has 1 heterocycles. The number of amides is 1. The Kier molecular flexibility index (Phi) is 12.1. The number of aromatic nitrogens is 1. The standard InChI is InChI=1S/C12H15ClF3N3O3.2ClH/c1-21-6-9(17)10(20)18-2-3-22-11-8(13)4-7(5-19-11)12(14,15)16;;/h4-5,9H,2-3,6,17H2,1H3,(H,18,20);2*1H. The molecule has 1 unspecified atom stereocenters. The van der Waals surface area contributed by atoms with Crippen molar-refractivity contribution in [3.8, 4) is 5.88 Å². The third-order valence-electron chi connectivity index (χ3n) is 2.46. The molecule has 0 aliphatic heterocycles. The highest BCUT2D eigenvalue weighted by Gasteiger charge is 2.31. The second-order valence-corrected chi connectivity index (χ2v) is 4.62. The summed E-state index contributed by atoms with van der Waals surface area (Å²) in [7, 11) is 1.41. The van der Waals surface area contributed by atoms with Crippen LogP contribution in [0, 0.1) is 0 Å². The number of nitrogens with two attached hydrogens (primary N) is 1. The van der Waals surface area contributed by atoms with Gasteiger partial charge in [-0.15, -0.1) is 24.8 Å². The highest BCUT2D eigenvalue weighted by molar-refractivity contribution is 6.31. The van der Waals surface area contributed by atoms with E-state index in [1.54, 1.807) is 0 Å². The van der Waals surface area contributed by atoms with Crippen LogP contribution in [0.5, 0.6) is 5.88 Å². The van der Waals surface area contributed by atoms with Gasteiger partial charge in [0.25, 0.3) is 0 Å². The Morgan fingerprint density at radius 3 is 2.58 bits per heavy atom. The SMILES string of the molecule is COCC(N)C(=O)NCCOc1ncc(C(F)(F)F)cc1Cl.Cl.Cl. The number of rotatable bonds is 7. The van der Waals surface area contributed by atoms with E-state index in [1.807, 2.05) is 0 Å². The zero-order chi connectivity index (χ0) is 16.8. The molecule has 0 aliphatic carbocycles. The van der Waals surface area contributed by atoms with Crippen LogP contribution in [0.4, 0.5) is 13.2 Å². The second kappa shape index (κ2) is 11.5. The minimum Gasteiger partial charge on any atom is -0.475 e. The lowest BCUT2D eigenvalue weighted by atomic mass is 10.3. The molecule has 12 heteroatoms. The van der Waals surface area contributed by atoms with Crippen molar-refractivity contribution in [2.24, 2.45) is 5.73 Å². The Morgan fingerprint density at radius 2 is 2.08 bits per heavy atom. The van der Waals surface area contributed by atoms with E-state index in [0.29, 0.717) is 6.20 Å². The summed E-state index contributed by atoms with van der Waals surface area (Å²) in [5, 5.41) is 2.21. The number of pyridine rings is 1. The molecule has 1 aromatic rings. The second-order valence-electron chi connectivity index (χ2n) is 4.21. The third kappa shape index (κ3) is 8.20. The van der Waals surface area contributed by atoms with Gasteiger partial charge < -0.3 is 20.5 Å². The van der Waals surface area contributed by atoms with Gasteiger partial charge in [0.2, 0.25) is 11.8 Å². The van der Waals surface area contributed by atoms with Crippen molar-refractivity contribution in [2.75, 3.05) is 26.9 Å². The fraction of sp³-hybridized carbons (Fsp3) is 0.500. The van der Waals surface area contributed by atoms with Crippen molar-refractivity contribution in [1.82, 2.24) is 10.3 Å². The Morgan fingerprint density at radius 1 is 1.46 bits per heavy atom. The van der Waals surface area contributed by atoms with E-state index in [1.165, 1.54) is 7.11 Å². The summed E-state index contributed by atoms with van der Waals surface area (Å²) in [5.74, 6) is -0.581. The number of methoxy groups -OCH3 is 1. The molecule has 0 fully saturated rings. The van der Waals surface area contributed by atoms with Crippen LogP contribution in [0.3, 0.4) is 0 Å². The van der Waals surface area contributed by atoms with Gasteiger partial charge in [0.05, 0.1) is 18.7 Å². The molecule has 0 aromatic carbocycles. The lowest BCUT2D eigenvalue weighted by Gasteiger charge is -2.12. The zero-order valence-corrected chi connectivity index (χ0v) is 14.8. The van der Waals surface area contributed by atoms with Gasteiger partial charge >= 0.3 is 6.18 Å². The molecule has 1 aromatic heterocycles. The molecule has 0 spiro atoms. The number of alkyl halides is 3. The molecule has 24 heavy (non-hydrogen) atoms. The molecule has 6 nitrogen and oxygen atoms in total. The van der Waals surface area contributed by atoms with E-state index < -0.39 is 23.7 Å². The Hall–Kier alpha value is -1.00. The molecule has 0 saturated heterocycles. The summed E-state index contributed by atoms with van der Waals surface area (Å²) in [5.41, 5.74) is 4.52. The van der Waals surface area contributed by atoms with E-state index >= 15 is 0 Å². The lowest BCUT2D eigenvalue weighted by molar-refractivity contribution is -0.137. The molecule has 0 radical (unpaired) electrons. The summed E-state index contributed by atoms with van der Waals surface area (Å²) >= 11 is 5.66. The smallest absolute Gasteiger partial charge is 0.417 e. The first-order chi connectivity index (χ1) is 10.3. The van der Waals surface area contributed by atoms with E-state index in [0.717, 1.165) is 6.07 Å². The molecule has 1 amide bonds. The molecule has 0 saturated carbocycles. The van der Waals surface area contributed by atoms with Gasteiger partial charge in [-0.05, 0) is 6.07 Å². The number of carbonyl (C=O) groups is 1. The van der Waals surface area contributed by atoms with Crippen LogP contribution in [-0.2, 0) is 15.7 Å². The topological polar surface area (TPSA) is 86.5 Å². The van der Waals surface area contributed by atoms with Crippen molar-refractivity contribution in [1.29, 1.82) is 0 Å². The first-order valence-corrected chi connectivity index (χ1v) is 6.51. The highest BCUT2D eigenvalue weighted by atomic mass is 35.5. The maximum absolute atomic E-state index is 12.4. The number of ether oxygens (including phenoxy) is 2. The molecular weight excluding hydrogens is 398 g/mol. The zero-order valence-electron chi connectivity index (χ0n) is 12.4. The van der Waals surface area contributed by atoms with Gasteiger partial charge in [0, 0.05) is 13.3 Å². The molecule has 1 atom stereocenters. The van der Waals surface area contributed by atoms with Gasteiger partial charge in [0.15, 0.2) is 0 Å². The first-order valence-electron chi connectivity index (χ1n) is 6.13. The van der Waals surface area contributed by atoms with E-state index in [-0.39, 0.29) is 55.5 Å². The first kappa shape index (κ1) is 25.2. The van der Waals surface area contributed by atoms with Crippen LogP contribution < -0.4 is 15.8 Å². The predicted molar refractivity (Wildman–Crippen MR) is 87.1 cm³/mol. The number of nitrogens with one attached hydrogen (secondary N) is 1.